The van der Waals surface area contributed by atoms with E-state index in [0.29, 0.717) is 18.1 Å². The first kappa shape index (κ1) is 13.2. The van der Waals surface area contributed by atoms with Gasteiger partial charge in [0.1, 0.15) is 11.3 Å². The van der Waals surface area contributed by atoms with Gasteiger partial charge in [-0.25, -0.2) is 9.97 Å². The summed E-state index contributed by atoms with van der Waals surface area (Å²) in [6.45, 7) is 2.74. The minimum absolute atomic E-state index is 0.538. The van der Waals surface area contributed by atoms with Crippen LogP contribution in [0, 0.1) is 5.92 Å². The first-order valence-corrected chi connectivity index (χ1v) is 7.19. The molecule has 1 aliphatic carbocycles. The Kier molecular flexibility index (Phi) is 3.53. The van der Waals surface area contributed by atoms with E-state index in [0.717, 1.165) is 30.6 Å². The number of hydrogen-bond donors (Lipinski definition) is 2. The van der Waals surface area contributed by atoms with Gasteiger partial charge in [0.15, 0.2) is 5.65 Å². The number of nitrogens with one attached hydrogen (secondary N) is 1. The van der Waals surface area contributed by atoms with Gasteiger partial charge in [0, 0.05) is 18.9 Å². The van der Waals surface area contributed by atoms with Gasteiger partial charge in [0.2, 0.25) is 0 Å². The number of aromatic nitrogens is 3. The third-order valence-electron chi connectivity index (χ3n) is 4.00. The van der Waals surface area contributed by atoms with Crippen LogP contribution in [-0.2, 0) is 0 Å². The average molecular weight is 272 g/mol. The summed E-state index contributed by atoms with van der Waals surface area (Å²) in [5.74, 6) is 1.33. The second-order valence-corrected chi connectivity index (χ2v) is 5.87. The number of rotatable bonds is 3. The van der Waals surface area contributed by atoms with Crippen molar-refractivity contribution >= 4 is 17.0 Å². The van der Waals surface area contributed by atoms with Gasteiger partial charge in [-0.3, -0.25) is 4.98 Å². The van der Waals surface area contributed by atoms with Crippen molar-refractivity contribution in [2.75, 3.05) is 11.9 Å². The van der Waals surface area contributed by atoms with Crippen LogP contribution in [0.1, 0.15) is 32.6 Å². The molecule has 2 atom stereocenters. The Morgan fingerprint density at radius 2 is 2.20 bits per heavy atom. The molecule has 1 aliphatic rings. The number of nitrogens with zero attached hydrogens (tertiary/aromatic N) is 3. The van der Waals surface area contributed by atoms with Gasteiger partial charge in [0.25, 0.3) is 0 Å². The highest BCUT2D eigenvalue weighted by Gasteiger charge is 2.32. The molecule has 2 heterocycles. The number of pyridine rings is 1. The summed E-state index contributed by atoms with van der Waals surface area (Å²) in [5, 5.41) is 13.8. The van der Waals surface area contributed by atoms with E-state index in [2.05, 4.69) is 27.2 Å². The number of hydrogen-bond acceptors (Lipinski definition) is 5. The van der Waals surface area contributed by atoms with Gasteiger partial charge in [-0.15, -0.1) is 0 Å². The molecule has 1 fully saturated rings. The van der Waals surface area contributed by atoms with Crippen LogP contribution in [0.4, 0.5) is 5.82 Å². The fourth-order valence-corrected chi connectivity index (χ4v) is 3.00. The Bertz CT molecular complexity index is 603. The quantitative estimate of drug-likeness (QED) is 0.897. The predicted molar refractivity (Wildman–Crippen MR) is 78.4 cm³/mol. The zero-order valence-corrected chi connectivity index (χ0v) is 11.7. The van der Waals surface area contributed by atoms with Crippen LogP contribution < -0.4 is 5.32 Å². The summed E-state index contributed by atoms with van der Waals surface area (Å²) < 4.78 is 0. The Balaban J connectivity index is 1.70. The van der Waals surface area contributed by atoms with Gasteiger partial charge >= 0.3 is 0 Å². The van der Waals surface area contributed by atoms with E-state index in [4.69, 9.17) is 0 Å². The van der Waals surface area contributed by atoms with Crippen molar-refractivity contribution in [2.45, 2.75) is 38.2 Å². The van der Waals surface area contributed by atoms with Gasteiger partial charge in [-0.2, -0.15) is 0 Å². The molecule has 2 unspecified atom stereocenters. The molecular formula is C15H20N4O. The highest BCUT2D eigenvalue weighted by molar-refractivity contribution is 5.71. The van der Waals surface area contributed by atoms with E-state index in [9.17, 15) is 5.11 Å². The molecule has 1 saturated carbocycles. The molecule has 0 bridgehead atoms. The van der Waals surface area contributed by atoms with Gasteiger partial charge in [-0.05, 0) is 30.9 Å². The fourth-order valence-electron chi connectivity index (χ4n) is 3.00. The minimum atomic E-state index is -0.614. The molecular weight excluding hydrogens is 252 g/mol. The standard InChI is InChI=1S/C15H20N4O/c1-11-3-2-6-15(20,9-11)10-18-13-5-4-12-14(19-13)17-8-7-16-12/h4-5,7-8,11,20H,2-3,6,9-10H2,1H3,(H,17,18,19). The summed E-state index contributed by atoms with van der Waals surface area (Å²) in [5.41, 5.74) is 0.793. The molecule has 5 heteroatoms. The highest BCUT2D eigenvalue weighted by Crippen LogP contribution is 2.32. The summed E-state index contributed by atoms with van der Waals surface area (Å²) in [6, 6.07) is 3.78. The summed E-state index contributed by atoms with van der Waals surface area (Å²) in [6.07, 6.45) is 7.31. The van der Waals surface area contributed by atoms with Crippen LogP contribution in [0.5, 0.6) is 0 Å². The SMILES string of the molecule is CC1CCCC(O)(CNc2ccc3nccnc3n2)C1. The third-order valence-corrected chi connectivity index (χ3v) is 4.00. The molecule has 106 valence electrons. The van der Waals surface area contributed by atoms with Crippen LogP contribution in [0.25, 0.3) is 11.2 Å². The van der Waals surface area contributed by atoms with Crippen molar-refractivity contribution in [1.29, 1.82) is 0 Å². The monoisotopic (exact) mass is 272 g/mol. The maximum absolute atomic E-state index is 10.6. The van der Waals surface area contributed by atoms with Crippen molar-refractivity contribution < 1.29 is 5.11 Å². The van der Waals surface area contributed by atoms with Gasteiger partial charge in [0.05, 0.1) is 5.60 Å². The highest BCUT2D eigenvalue weighted by atomic mass is 16.3. The van der Waals surface area contributed by atoms with E-state index in [1.165, 1.54) is 6.42 Å². The van der Waals surface area contributed by atoms with Crippen LogP contribution in [-0.4, -0.2) is 32.2 Å². The smallest absolute Gasteiger partial charge is 0.180 e. The van der Waals surface area contributed by atoms with E-state index in [-0.39, 0.29) is 0 Å². The van der Waals surface area contributed by atoms with Crippen molar-refractivity contribution in [1.82, 2.24) is 15.0 Å². The summed E-state index contributed by atoms with van der Waals surface area (Å²) in [7, 11) is 0. The maximum Gasteiger partial charge on any atom is 0.180 e. The zero-order valence-electron chi connectivity index (χ0n) is 11.7. The fraction of sp³-hybridized carbons (Fsp3) is 0.533. The van der Waals surface area contributed by atoms with Gasteiger partial charge in [-0.1, -0.05) is 19.8 Å². The second kappa shape index (κ2) is 5.32. The van der Waals surface area contributed by atoms with Crippen LogP contribution in [0.15, 0.2) is 24.5 Å². The lowest BCUT2D eigenvalue weighted by Crippen LogP contribution is -2.41. The molecule has 2 aromatic heterocycles. The average Bonchev–Trinajstić information content (AvgIpc) is 2.45. The van der Waals surface area contributed by atoms with Crippen LogP contribution in [0.2, 0.25) is 0 Å². The molecule has 0 aromatic carbocycles. The first-order valence-electron chi connectivity index (χ1n) is 7.19. The van der Waals surface area contributed by atoms with E-state index >= 15 is 0 Å². The maximum atomic E-state index is 10.6. The molecule has 0 spiro atoms. The Morgan fingerprint density at radius 3 is 3.05 bits per heavy atom. The number of anilines is 1. The van der Waals surface area contributed by atoms with E-state index < -0.39 is 5.60 Å². The molecule has 0 amide bonds. The van der Waals surface area contributed by atoms with Crippen LogP contribution >= 0.6 is 0 Å². The topological polar surface area (TPSA) is 70.9 Å². The number of fused-ring (bicyclic) bond motifs is 1. The van der Waals surface area contributed by atoms with Crippen molar-refractivity contribution in [3.05, 3.63) is 24.5 Å². The van der Waals surface area contributed by atoms with E-state index in [1.54, 1.807) is 12.4 Å². The molecule has 0 saturated heterocycles. The molecule has 2 aromatic rings. The van der Waals surface area contributed by atoms with Crippen molar-refractivity contribution in [3.8, 4) is 0 Å². The lowest BCUT2D eigenvalue weighted by atomic mass is 9.79. The lowest BCUT2D eigenvalue weighted by Gasteiger charge is -2.35. The summed E-state index contributed by atoms with van der Waals surface area (Å²) >= 11 is 0. The Morgan fingerprint density at radius 1 is 1.35 bits per heavy atom. The Hall–Kier alpha value is -1.75. The lowest BCUT2D eigenvalue weighted by molar-refractivity contribution is -0.000822. The largest absolute Gasteiger partial charge is 0.388 e. The summed E-state index contributed by atoms with van der Waals surface area (Å²) in [4.78, 5) is 12.8. The molecule has 5 nitrogen and oxygen atoms in total. The molecule has 0 radical (unpaired) electrons. The second-order valence-electron chi connectivity index (χ2n) is 5.87. The normalized spacial score (nSPS) is 26.6. The van der Waals surface area contributed by atoms with Gasteiger partial charge < -0.3 is 10.4 Å². The number of aliphatic hydroxyl groups is 1. The Labute approximate surface area is 118 Å². The van der Waals surface area contributed by atoms with Crippen molar-refractivity contribution in [3.63, 3.8) is 0 Å². The minimum Gasteiger partial charge on any atom is -0.388 e. The van der Waals surface area contributed by atoms with E-state index in [1.807, 2.05) is 12.1 Å². The first-order chi connectivity index (χ1) is 9.65. The molecule has 2 N–H and O–H groups in total. The molecule has 0 aliphatic heterocycles. The van der Waals surface area contributed by atoms with Crippen LogP contribution in [0.3, 0.4) is 0 Å². The van der Waals surface area contributed by atoms with Crippen molar-refractivity contribution in [2.24, 2.45) is 5.92 Å². The zero-order chi connectivity index (χ0) is 14.0. The predicted octanol–water partition coefficient (Wildman–Crippen LogP) is 2.38. The molecule has 20 heavy (non-hydrogen) atoms. The molecule has 3 rings (SSSR count). The third kappa shape index (κ3) is 2.88.